The lowest BCUT2D eigenvalue weighted by Gasteiger charge is -2.15. The first-order valence-corrected chi connectivity index (χ1v) is 7.96. The summed E-state index contributed by atoms with van der Waals surface area (Å²) in [7, 11) is 0. The van der Waals surface area contributed by atoms with E-state index in [0.29, 0.717) is 6.42 Å². The molecule has 2 rings (SSSR count). The molecule has 1 aromatic rings. The second kappa shape index (κ2) is 7.00. The van der Waals surface area contributed by atoms with Gasteiger partial charge in [0.05, 0.1) is 0 Å². The minimum absolute atomic E-state index is 0.0255. The molecule has 0 radical (unpaired) electrons. The SMILES string of the molecule is CC(C)CC(NC(=O)c1csc(C2CCCO2)n1)C(=O)O. The van der Waals surface area contributed by atoms with Gasteiger partial charge in [-0.25, -0.2) is 9.78 Å². The molecule has 6 nitrogen and oxygen atoms in total. The number of aliphatic carboxylic acids is 1. The summed E-state index contributed by atoms with van der Waals surface area (Å²) in [4.78, 5) is 27.5. The van der Waals surface area contributed by atoms with Gasteiger partial charge in [0.1, 0.15) is 22.8 Å². The molecule has 1 aliphatic rings. The maximum Gasteiger partial charge on any atom is 0.326 e. The van der Waals surface area contributed by atoms with E-state index in [1.807, 2.05) is 13.8 Å². The van der Waals surface area contributed by atoms with Crippen LogP contribution in [0.5, 0.6) is 0 Å². The molecule has 0 aromatic carbocycles. The quantitative estimate of drug-likeness (QED) is 0.841. The first kappa shape index (κ1) is 15.9. The van der Waals surface area contributed by atoms with Gasteiger partial charge in [0, 0.05) is 12.0 Å². The molecule has 1 aliphatic heterocycles. The Balaban J connectivity index is 2.00. The number of rotatable bonds is 6. The summed E-state index contributed by atoms with van der Waals surface area (Å²) in [6.45, 7) is 4.56. The van der Waals surface area contributed by atoms with Crippen LogP contribution in [0.2, 0.25) is 0 Å². The first-order chi connectivity index (χ1) is 9.97. The topological polar surface area (TPSA) is 88.5 Å². The highest BCUT2D eigenvalue weighted by Gasteiger charge is 2.25. The van der Waals surface area contributed by atoms with Crippen molar-refractivity contribution in [3.8, 4) is 0 Å². The standard InChI is InChI=1S/C14H20N2O4S/c1-8(2)6-9(14(18)19)15-12(17)10-7-21-13(16-10)11-4-3-5-20-11/h7-9,11H,3-6H2,1-2H3,(H,15,17)(H,18,19). The number of hydrogen-bond donors (Lipinski definition) is 2. The lowest BCUT2D eigenvalue weighted by molar-refractivity contribution is -0.139. The molecule has 0 saturated carbocycles. The highest BCUT2D eigenvalue weighted by molar-refractivity contribution is 7.09. The number of thiazole rings is 1. The van der Waals surface area contributed by atoms with Gasteiger partial charge in [-0.15, -0.1) is 11.3 Å². The molecule has 1 saturated heterocycles. The Labute approximate surface area is 127 Å². The van der Waals surface area contributed by atoms with E-state index in [1.54, 1.807) is 5.38 Å². The summed E-state index contributed by atoms with van der Waals surface area (Å²) in [6, 6.07) is -0.884. The average molecular weight is 312 g/mol. The number of ether oxygens (including phenoxy) is 1. The smallest absolute Gasteiger partial charge is 0.326 e. The summed E-state index contributed by atoms with van der Waals surface area (Å²) in [5, 5.41) is 14.1. The van der Waals surface area contributed by atoms with Crippen molar-refractivity contribution in [1.82, 2.24) is 10.3 Å². The third-order valence-corrected chi connectivity index (χ3v) is 4.21. The third kappa shape index (κ3) is 4.25. The van der Waals surface area contributed by atoms with Gasteiger partial charge in [0.15, 0.2) is 0 Å². The maximum atomic E-state index is 12.1. The number of carbonyl (C=O) groups is 2. The number of nitrogens with zero attached hydrogens (tertiary/aromatic N) is 1. The summed E-state index contributed by atoms with van der Waals surface area (Å²) in [5.74, 6) is -1.28. The molecule has 1 amide bonds. The second-order valence-corrected chi connectivity index (χ2v) is 6.46. The van der Waals surface area contributed by atoms with Gasteiger partial charge in [-0.05, 0) is 25.2 Å². The van der Waals surface area contributed by atoms with Crippen LogP contribution in [-0.2, 0) is 9.53 Å². The fourth-order valence-corrected chi connectivity index (χ4v) is 3.12. The number of carbonyl (C=O) groups excluding carboxylic acids is 1. The fraction of sp³-hybridized carbons (Fsp3) is 0.643. The van der Waals surface area contributed by atoms with Crippen LogP contribution in [0, 0.1) is 5.92 Å². The van der Waals surface area contributed by atoms with Gasteiger partial charge in [-0.1, -0.05) is 13.8 Å². The molecule has 2 heterocycles. The predicted molar refractivity (Wildman–Crippen MR) is 78.4 cm³/mol. The third-order valence-electron chi connectivity index (χ3n) is 3.27. The molecule has 7 heteroatoms. The molecule has 116 valence electrons. The Morgan fingerprint density at radius 3 is 2.90 bits per heavy atom. The summed E-state index contributed by atoms with van der Waals surface area (Å²) < 4.78 is 5.53. The van der Waals surface area contributed by atoms with Crippen LogP contribution in [0.15, 0.2) is 5.38 Å². The average Bonchev–Trinajstić information content (AvgIpc) is 3.08. The van der Waals surface area contributed by atoms with E-state index in [4.69, 9.17) is 9.84 Å². The number of carboxylic acid groups (broad SMARTS) is 1. The van der Waals surface area contributed by atoms with E-state index in [9.17, 15) is 9.59 Å². The molecule has 21 heavy (non-hydrogen) atoms. The summed E-state index contributed by atoms with van der Waals surface area (Å²) >= 11 is 1.38. The Bertz CT molecular complexity index is 509. The van der Waals surface area contributed by atoms with Gasteiger partial charge in [-0.3, -0.25) is 4.79 Å². The highest BCUT2D eigenvalue weighted by atomic mass is 32.1. The summed E-state index contributed by atoms with van der Waals surface area (Å²) in [6.07, 6.45) is 2.28. The molecule has 0 spiro atoms. The van der Waals surface area contributed by atoms with E-state index >= 15 is 0 Å². The highest BCUT2D eigenvalue weighted by Crippen LogP contribution is 2.30. The van der Waals surface area contributed by atoms with E-state index < -0.39 is 17.9 Å². The zero-order valence-electron chi connectivity index (χ0n) is 12.2. The van der Waals surface area contributed by atoms with Crippen molar-refractivity contribution in [3.63, 3.8) is 0 Å². The normalized spacial score (nSPS) is 19.7. The number of aromatic nitrogens is 1. The van der Waals surface area contributed by atoms with Gasteiger partial charge >= 0.3 is 5.97 Å². The lowest BCUT2D eigenvalue weighted by atomic mass is 10.0. The monoisotopic (exact) mass is 312 g/mol. The maximum absolute atomic E-state index is 12.1. The zero-order valence-corrected chi connectivity index (χ0v) is 13.0. The Hall–Kier alpha value is -1.47. The van der Waals surface area contributed by atoms with Crippen molar-refractivity contribution < 1.29 is 19.4 Å². The van der Waals surface area contributed by atoms with Crippen LogP contribution in [0.3, 0.4) is 0 Å². The van der Waals surface area contributed by atoms with Crippen molar-refractivity contribution >= 4 is 23.2 Å². The minimum Gasteiger partial charge on any atom is -0.480 e. The zero-order chi connectivity index (χ0) is 15.4. The van der Waals surface area contributed by atoms with Gasteiger partial charge < -0.3 is 15.2 Å². The molecule has 0 aliphatic carbocycles. The van der Waals surface area contributed by atoms with Crippen molar-refractivity contribution in [2.75, 3.05) is 6.61 Å². The summed E-state index contributed by atoms with van der Waals surface area (Å²) in [5.41, 5.74) is 0.264. The molecule has 0 bridgehead atoms. The molecule has 1 fully saturated rings. The van der Waals surface area contributed by atoms with Crippen molar-refractivity contribution in [2.45, 2.75) is 45.3 Å². The molecular formula is C14H20N2O4S. The van der Waals surface area contributed by atoms with E-state index in [0.717, 1.165) is 24.5 Å². The van der Waals surface area contributed by atoms with Crippen LogP contribution in [0.25, 0.3) is 0 Å². The van der Waals surface area contributed by atoms with Crippen LogP contribution < -0.4 is 5.32 Å². The van der Waals surface area contributed by atoms with Gasteiger partial charge in [0.2, 0.25) is 0 Å². The largest absolute Gasteiger partial charge is 0.480 e. The van der Waals surface area contributed by atoms with Crippen molar-refractivity contribution in [1.29, 1.82) is 0 Å². The Kier molecular flexibility index (Phi) is 5.30. The van der Waals surface area contributed by atoms with Gasteiger partial charge in [0.25, 0.3) is 5.91 Å². The lowest BCUT2D eigenvalue weighted by Crippen LogP contribution is -2.41. The van der Waals surface area contributed by atoms with Gasteiger partial charge in [-0.2, -0.15) is 0 Å². The van der Waals surface area contributed by atoms with E-state index in [1.165, 1.54) is 11.3 Å². The van der Waals surface area contributed by atoms with Crippen molar-refractivity contribution in [2.24, 2.45) is 5.92 Å². The second-order valence-electron chi connectivity index (χ2n) is 5.57. The fourth-order valence-electron chi connectivity index (χ4n) is 2.24. The number of hydrogen-bond acceptors (Lipinski definition) is 5. The number of nitrogens with one attached hydrogen (secondary N) is 1. The molecular weight excluding hydrogens is 292 g/mol. The van der Waals surface area contributed by atoms with E-state index in [-0.39, 0.29) is 17.7 Å². The number of carboxylic acids is 1. The molecule has 2 N–H and O–H groups in total. The Morgan fingerprint density at radius 1 is 1.57 bits per heavy atom. The molecule has 2 atom stereocenters. The minimum atomic E-state index is -1.02. The first-order valence-electron chi connectivity index (χ1n) is 7.08. The number of amides is 1. The van der Waals surface area contributed by atoms with Crippen LogP contribution >= 0.6 is 11.3 Å². The molecule has 1 aromatic heterocycles. The van der Waals surface area contributed by atoms with Crippen LogP contribution in [-0.4, -0.2) is 34.6 Å². The molecule has 2 unspecified atom stereocenters. The van der Waals surface area contributed by atoms with Crippen LogP contribution in [0.1, 0.15) is 54.7 Å². The van der Waals surface area contributed by atoms with E-state index in [2.05, 4.69) is 10.3 Å². The van der Waals surface area contributed by atoms with Crippen molar-refractivity contribution in [3.05, 3.63) is 16.1 Å². The predicted octanol–water partition coefficient (Wildman–Crippen LogP) is 2.22. The Morgan fingerprint density at radius 2 is 2.33 bits per heavy atom. The van der Waals surface area contributed by atoms with Crippen LogP contribution in [0.4, 0.5) is 0 Å².